The van der Waals surface area contributed by atoms with Crippen molar-refractivity contribution in [2.24, 2.45) is 5.92 Å². The van der Waals surface area contributed by atoms with Crippen LogP contribution in [0.15, 0.2) is 0 Å². The van der Waals surface area contributed by atoms with Gasteiger partial charge < -0.3 is 15.0 Å². The van der Waals surface area contributed by atoms with Crippen LogP contribution in [-0.4, -0.2) is 42.8 Å². The molecular formula is C12H24N2O2. The average Bonchev–Trinajstić information content (AvgIpc) is 2.57. The standard InChI is InChI=1S/C8H14N2O2.C4H10/c1-6(5-11)10-4-3-7(9-2)8(10)12;1-4(2)3/h5-7,9H,3-4H2,1-2H3;4H,1-3H3/t6-,7+;/m0./s1. The van der Waals surface area contributed by atoms with E-state index in [-0.39, 0.29) is 18.0 Å². The molecule has 4 heteroatoms. The van der Waals surface area contributed by atoms with Gasteiger partial charge in [0.25, 0.3) is 0 Å². The van der Waals surface area contributed by atoms with Gasteiger partial charge in [0.15, 0.2) is 0 Å². The number of carbonyl (C=O) groups is 2. The molecule has 1 aliphatic heterocycles. The summed E-state index contributed by atoms with van der Waals surface area (Å²) in [6, 6.07) is -0.372. The summed E-state index contributed by atoms with van der Waals surface area (Å²) in [6.45, 7) is 8.92. The van der Waals surface area contributed by atoms with Gasteiger partial charge in [-0.2, -0.15) is 0 Å². The molecule has 2 atom stereocenters. The van der Waals surface area contributed by atoms with Crippen molar-refractivity contribution in [3.05, 3.63) is 0 Å². The molecule has 0 bridgehead atoms. The molecule has 4 nitrogen and oxygen atoms in total. The van der Waals surface area contributed by atoms with E-state index < -0.39 is 0 Å². The third-order valence-electron chi connectivity index (χ3n) is 2.28. The largest absolute Gasteiger partial charge is 0.332 e. The fraction of sp³-hybridized carbons (Fsp3) is 0.833. The highest BCUT2D eigenvalue weighted by Crippen LogP contribution is 2.12. The van der Waals surface area contributed by atoms with Gasteiger partial charge in [-0.3, -0.25) is 4.79 Å². The maximum absolute atomic E-state index is 11.4. The molecule has 1 N–H and O–H groups in total. The first-order chi connectivity index (χ1) is 7.43. The molecule has 16 heavy (non-hydrogen) atoms. The van der Waals surface area contributed by atoms with E-state index in [2.05, 4.69) is 26.1 Å². The van der Waals surface area contributed by atoms with Crippen LogP contribution in [0.5, 0.6) is 0 Å². The second-order valence-corrected chi connectivity index (χ2v) is 4.77. The number of aldehydes is 1. The number of nitrogens with zero attached hydrogens (tertiary/aromatic N) is 1. The quantitative estimate of drug-likeness (QED) is 0.735. The molecule has 1 rings (SSSR count). The highest BCUT2D eigenvalue weighted by atomic mass is 16.2. The SMILES string of the molecule is CC(C)C.CN[C@@H]1CCN([C@@H](C)C=O)C1=O. The predicted octanol–water partition coefficient (Wildman–Crippen LogP) is 1.06. The van der Waals surface area contributed by atoms with Crippen molar-refractivity contribution in [3.8, 4) is 0 Å². The first kappa shape index (κ1) is 15.1. The lowest BCUT2D eigenvalue weighted by molar-refractivity contribution is -0.133. The zero-order valence-corrected chi connectivity index (χ0v) is 11.0. The van der Waals surface area contributed by atoms with Crippen LogP contribution in [0.25, 0.3) is 0 Å². The number of carbonyl (C=O) groups excluding carboxylic acids is 2. The molecule has 0 unspecified atom stereocenters. The van der Waals surface area contributed by atoms with Crippen LogP contribution in [0, 0.1) is 5.92 Å². The lowest BCUT2D eigenvalue weighted by Crippen LogP contribution is -2.41. The molecule has 1 heterocycles. The molecule has 0 radical (unpaired) electrons. The van der Waals surface area contributed by atoms with Crippen molar-refractivity contribution in [2.45, 2.75) is 46.2 Å². The maximum Gasteiger partial charge on any atom is 0.240 e. The van der Waals surface area contributed by atoms with E-state index in [1.807, 2.05) is 0 Å². The number of hydrogen-bond donors (Lipinski definition) is 1. The molecular weight excluding hydrogens is 204 g/mol. The molecule has 94 valence electrons. The van der Waals surface area contributed by atoms with Crippen LogP contribution in [0.4, 0.5) is 0 Å². The Balaban J connectivity index is 0.000000487. The number of hydrogen-bond acceptors (Lipinski definition) is 3. The molecule has 0 aliphatic carbocycles. The van der Waals surface area contributed by atoms with Gasteiger partial charge in [0.05, 0.1) is 12.1 Å². The fourth-order valence-corrected chi connectivity index (χ4v) is 1.45. The smallest absolute Gasteiger partial charge is 0.240 e. The van der Waals surface area contributed by atoms with Gasteiger partial charge in [-0.25, -0.2) is 0 Å². The Morgan fingerprint density at radius 3 is 2.19 bits per heavy atom. The van der Waals surface area contributed by atoms with Crippen molar-refractivity contribution < 1.29 is 9.59 Å². The average molecular weight is 228 g/mol. The van der Waals surface area contributed by atoms with Crippen LogP contribution in [-0.2, 0) is 9.59 Å². The molecule has 0 saturated carbocycles. The Labute approximate surface area is 98.4 Å². The third-order valence-corrected chi connectivity index (χ3v) is 2.28. The van der Waals surface area contributed by atoms with Crippen molar-refractivity contribution in [1.29, 1.82) is 0 Å². The van der Waals surface area contributed by atoms with E-state index in [0.717, 1.165) is 18.6 Å². The van der Waals surface area contributed by atoms with Crippen LogP contribution in [0.3, 0.4) is 0 Å². The fourth-order valence-electron chi connectivity index (χ4n) is 1.45. The van der Waals surface area contributed by atoms with Gasteiger partial charge in [-0.15, -0.1) is 0 Å². The van der Waals surface area contributed by atoms with Crippen molar-refractivity contribution in [1.82, 2.24) is 10.2 Å². The number of nitrogens with one attached hydrogen (secondary N) is 1. The minimum atomic E-state index is -0.282. The first-order valence-corrected chi connectivity index (χ1v) is 5.87. The van der Waals surface area contributed by atoms with Gasteiger partial charge >= 0.3 is 0 Å². The maximum atomic E-state index is 11.4. The molecule has 1 aliphatic rings. The topological polar surface area (TPSA) is 49.4 Å². The summed E-state index contributed by atoms with van der Waals surface area (Å²) < 4.78 is 0. The first-order valence-electron chi connectivity index (χ1n) is 5.87. The van der Waals surface area contributed by atoms with Crippen molar-refractivity contribution in [3.63, 3.8) is 0 Å². The number of rotatable bonds is 3. The summed E-state index contributed by atoms with van der Waals surface area (Å²) >= 11 is 0. The monoisotopic (exact) mass is 228 g/mol. The molecule has 0 aromatic rings. The lowest BCUT2D eigenvalue weighted by atomic mass is 10.2. The van der Waals surface area contributed by atoms with Gasteiger partial charge in [-0.1, -0.05) is 20.8 Å². The Hall–Kier alpha value is -0.900. The normalized spacial score (nSPS) is 21.8. The summed E-state index contributed by atoms with van der Waals surface area (Å²) in [5, 5.41) is 2.92. The summed E-state index contributed by atoms with van der Waals surface area (Å²) in [6.07, 6.45) is 1.60. The minimum absolute atomic E-state index is 0.0390. The lowest BCUT2D eigenvalue weighted by Gasteiger charge is -2.19. The highest BCUT2D eigenvalue weighted by molar-refractivity contribution is 5.86. The third kappa shape index (κ3) is 4.75. The molecule has 1 fully saturated rings. The van der Waals surface area contributed by atoms with Crippen LogP contribution in [0.2, 0.25) is 0 Å². The van der Waals surface area contributed by atoms with Crippen LogP contribution in [0.1, 0.15) is 34.1 Å². The van der Waals surface area contributed by atoms with E-state index in [9.17, 15) is 9.59 Å². The Morgan fingerprint density at radius 1 is 1.38 bits per heavy atom. The van der Waals surface area contributed by atoms with E-state index in [0.29, 0.717) is 6.54 Å². The van der Waals surface area contributed by atoms with Crippen LogP contribution >= 0.6 is 0 Å². The van der Waals surface area contributed by atoms with Gasteiger partial charge in [0.1, 0.15) is 6.29 Å². The van der Waals surface area contributed by atoms with E-state index in [4.69, 9.17) is 0 Å². The van der Waals surface area contributed by atoms with Crippen molar-refractivity contribution in [2.75, 3.05) is 13.6 Å². The van der Waals surface area contributed by atoms with E-state index >= 15 is 0 Å². The molecule has 0 aromatic heterocycles. The van der Waals surface area contributed by atoms with Crippen molar-refractivity contribution >= 4 is 12.2 Å². The van der Waals surface area contributed by atoms with Gasteiger partial charge in [-0.05, 0) is 26.3 Å². The molecule has 1 amide bonds. The molecule has 1 saturated heterocycles. The summed E-state index contributed by atoms with van der Waals surface area (Å²) in [5.74, 6) is 0.872. The number of likely N-dealkylation sites (N-methyl/N-ethyl adjacent to an activating group) is 1. The highest BCUT2D eigenvalue weighted by Gasteiger charge is 2.32. The minimum Gasteiger partial charge on any atom is -0.332 e. The van der Waals surface area contributed by atoms with E-state index in [1.54, 1.807) is 18.9 Å². The Morgan fingerprint density at radius 2 is 1.88 bits per heavy atom. The second kappa shape index (κ2) is 7.39. The van der Waals surface area contributed by atoms with Crippen LogP contribution < -0.4 is 5.32 Å². The number of amides is 1. The predicted molar refractivity (Wildman–Crippen MR) is 65.2 cm³/mol. The second-order valence-electron chi connectivity index (χ2n) is 4.77. The zero-order chi connectivity index (χ0) is 12.7. The summed E-state index contributed by atoms with van der Waals surface area (Å²) in [5.41, 5.74) is 0. The zero-order valence-electron chi connectivity index (χ0n) is 11.0. The Bertz CT molecular complexity index is 226. The summed E-state index contributed by atoms with van der Waals surface area (Å²) in [4.78, 5) is 23.5. The van der Waals surface area contributed by atoms with Gasteiger partial charge in [0.2, 0.25) is 5.91 Å². The summed E-state index contributed by atoms with van der Waals surface area (Å²) in [7, 11) is 1.76. The molecule has 0 spiro atoms. The van der Waals surface area contributed by atoms with Gasteiger partial charge in [0, 0.05) is 6.54 Å². The van der Waals surface area contributed by atoms with E-state index in [1.165, 1.54) is 0 Å². The Kier molecular flexibility index (Phi) is 6.97. The molecule has 0 aromatic carbocycles. The number of likely N-dealkylation sites (tertiary alicyclic amines) is 1.